The summed E-state index contributed by atoms with van der Waals surface area (Å²) in [6.45, 7) is 3.30. The van der Waals surface area contributed by atoms with E-state index in [1.165, 1.54) is 6.08 Å². The molecule has 1 aliphatic carbocycles. The first kappa shape index (κ1) is 11.2. The molecular formula is C8H13NO4S. The van der Waals surface area contributed by atoms with E-state index in [1.807, 2.05) is 0 Å². The van der Waals surface area contributed by atoms with E-state index in [2.05, 4.69) is 11.3 Å². The third-order valence-electron chi connectivity index (χ3n) is 2.30. The van der Waals surface area contributed by atoms with Crippen LogP contribution in [-0.4, -0.2) is 30.8 Å². The Labute approximate surface area is 82.9 Å². The highest BCUT2D eigenvalue weighted by atomic mass is 32.2. The van der Waals surface area contributed by atoms with E-state index < -0.39 is 21.5 Å². The second-order valence-corrected chi connectivity index (χ2v) is 5.18. The Morgan fingerprint density at radius 3 is 2.43 bits per heavy atom. The minimum absolute atomic E-state index is 0.248. The molecule has 1 saturated carbocycles. The van der Waals surface area contributed by atoms with E-state index >= 15 is 0 Å². The van der Waals surface area contributed by atoms with Crippen molar-refractivity contribution >= 4 is 16.0 Å². The second kappa shape index (κ2) is 3.70. The van der Waals surface area contributed by atoms with Crippen LogP contribution in [0.1, 0.15) is 19.3 Å². The standard InChI is InChI=1S/C8H13NO4S/c1-2-6-14(12,13)9-8(7(10)11)4-3-5-8/h2,9H,1,3-6H2,(H,10,11). The maximum absolute atomic E-state index is 11.3. The van der Waals surface area contributed by atoms with Crippen LogP contribution >= 0.6 is 0 Å². The molecule has 1 rings (SSSR count). The van der Waals surface area contributed by atoms with Crippen molar-refractivity contribution in [2.24, 2.45) is 0 Å². The van der Waals surface area contributed by atoms with Crippen LogP contribution < -0.4 is 4.72 Å². The summed E-state index contributed by atoms with van der Waals surface area (Å²) in [6.07, 6.45) is 2.69. The summed E-state index contributed by atoms with van der Waals surface area (Å²) in [5, 5.41) is 8.86. The van der Waals surface area contributed by atoms with Gasteiger partial charge in [0.25, 0.3) is 0 Å². The molecule has 14 heavy (non-hydrogen) atoms. The van der Waals surface area contributed by atoms with Gasteiger partial charge in [0.15, 0.2) is 0 Å². The van der Waals surface area contributed by atoms with Gasteiger partial charge in [-0.05, 0) is 19.3 Å². The summed E-state index contributed by atoms with van der Waals surface area (Å²) >= 11 is 0. The molecule has 0 aromatic rings. The largest absolute Gasteiger partial charge is 0.480 e. The predicted molar refractivity (Wildman–Crippen MR) is 51.3 cm³/mol. The van der Waals surface area contributed by atoms with Crippen LogP contribution in [0.3, 0.4) is 0 Å². The smallest absolute Gasteiger partial charge is 0.324 e. The number of rotatable bonds is 5. The molecule has 0 spiro atoms. The Morgan fingerprint density at radius 1 is 1.57 bits per heavy atom. The third-order valence-corrected chi connectivity index (χ3v) is 3.68. The van der Waals surface area contributed by atoms with Gasteiger partial charge in [0.05, 0.1) is 5.75 Å². The highest BCUT2D eigenvalue weighted by Crippen LogP contribution is 2.32. The average molecular weight is 219 g/mol. The van der Waals surface area contributed by atoms with Crippen LogP contribution in [0.25, 0.3) is 0 Å². The quantitative estimate of drug-likeness (QED) is 0.642. The lowest BCUT2D eigenvalue weighted by molar-refractivity contribution is -0.147. The normalized spacial score (nSPS) is 19.7. The first-order chi connectivity index (χ1) is 6.42. The van der Waals surface area contributed by atoms with Crippen molar-refractivity contribution in [2.75, 3.05) is 5.75 Å². The van der Waals surface area contributed by atoms with Crippen molar-refractivity contribution in [1.82, 2.24) is 4.72 Å². The topological polar surface area (TPSA) is 83.5 Å². The highest BCUT2D eigenvalue weighted by Gasteiger charge is 2.46. The summed E-state index contributed by atoms with van der Waals surface area (Å²) in [5.41, 5.74) is -1.26. The molecule has 0 amide bonds. The van der Waals surface area contributed by atoms with Gasteiger partial charge in [-0.15, -0.1) is 6.58 Å². The van der Waals surface area contributed by atoms with Crippen LogP contribution in [0.4, 0.5) is 0 Å². The zero-order valence-corrected chi connectivity index (χ0v) is 8.51. The molecule has 1 fully saturated rings. The molecule has 0 unspecified atom stereocenters. The highest BCUT2D eigenvalue weighted by molar-refractivity contribution is 7.89. The summed E-state index contributed by atoms with van der Waals surface area (Å²) in [7, 11) is -3.54. The Bertz CT molecular complexity index is 342. The fraction of sp³-hybridized carbons (Fsp3) is 0.625. The van der Waals surface area contributed by atoms with E-state index in [1.54, 1.807) is 0 Å². The van der Waals surface area contributed by atoms with Gasteiger partial charge in [-0.25, -0.2) is 8.42 Å². The average Bonchev–Trinajstić information content (AvgIpc) is 1.96. The van der Waals surface area contributed by atoms with Crippen LogP contribution in [0.2, 0.25) is 0 Å². The summed E-state index contributed by atoms with van der Waals surface area (Å²) in [4.78, 5) is 10.8. The van der Waals surface area contributed by atoms with E-state index in [9.17, 15) is 13.2 Å². The Kier molecular flexibility index (Phi) is 2.96. The minimum Gasteiger partial charge on any atom is -0.480 e. The minimum atomic E-state index is -3.54. The van der Waals surface area contributed by atoms with Gasteiger partial charge in [0.2, 0.25) is 10.0 Å². The molecule has 0 aromatic heterocycles. The van der Waals surface area contributed by atoms with Crippen molar-refractivity contribution in [2.45, 2.75) is 24.8 Å². The van der Waals surface area contributed by atoms with E-state index in [-0.39, 0.29) is 5.75 Å². The van der Waals surface area contributed by atoms with E-state index in [0.29, 0.717) is 12.8 Å². The molecule has 6 heteroatoms. The Hall–Kier alpha value is -0.880. The Morgan fingerprint density at radius 2 is 2.14 bits per heavy atom. The Balaban J connectivity index is 2.75. The number of carbonyl (C=O) groups is 1. The number of nitrogens with one attached hydrogen (secondary N) is 1. The van der Waals surface area contributed by atoms with Crippen molar-refractivity contribution < 1.29 is 18.3 Å². The lowest BCUT2D eigenvalue weighted by Gasteiger charge is -2.37. The molecule has 0 aromatic carbocycles. The molecule has 0 aliphatic heterocycles. The number of aliphatic carboxylic acids is 1. The van der Waals surface area contributed by atoms with Crippen molar-refractivity contribution in [3.8, 4) is 0 Å². The van der Waals surface area contributed by atoms with E-state index in [0.717, 1.165) is 6.42 Å². The second-order valence-electron chi connectivity index (χ2n) is 3.41. The number of hydrogen-bond donors (Lipinski definition) is 2. The molecule has 1 aliphatic rings. The number of sulfonamides is 1. The number of carboxylic acids is 1. The number of hydrogen-bond acceptors (Lipinski definition) is 3. The summed E-state index contributed by atoms with van der Waals surface area (Å²) in [6, 6.07) is 0. The molecule has 5 nitrogen and oxygen atoms in total. The van der Waals surface area contributed by atoms with Crippen LogP contribution in [-0.2, 0) is 14.8 Å². The number of carboxylic acid groups (broad SMARTS) is 1. The molecular weight excluding hydrogens is 206 g/mol. The molecule has 0 radical (unpaired) electrons. The molecule has 0 bridgehead atoms. The van der Waals surface area contributed by atoms with E-state index in [4.69, 9.17) is 5.11 Å². The molecule has 0 atom stereocenters. The SMILES string of the molecule is C=CCS(=O)(=O)NC1(C(=O)O)CCC1. The van der Waals surface area contributed by atoms with Gasteiger partial charge in [0, 0.05) is 0 Å². The maximum atomic E-state index is 11.3. The molecule has 80 valence electrons. The lowest BCUT2D eigenvalue weighted by Crippen LogP contribution is -2.59. The molecule has 0 heterocycles. The van der Waals surface area contributed by atoms with Gasteiger partial charge in [-0.3, -0.25) is 4.79 Å². The van der Waals surface area contributed by atoms with Crippen molar-refractivity contribution in [3.05, 3.63) is 12.7 Å². The van der Waals surface area contributed by atoms with Gasteiger partial charge in [0.1, 0.15) is 5.54 Å². The van der Waals surface area contributed by atoms with Crippen LogP contribution in [0.5, 0.6) is 0 Å². The molecule has 0 saturated heterocycles. The zero-order valence-electron chi connectivity index (χ0n) is 7.69. The summed E-state index contributed by atoms with van der Waals surface area (Å²) in [5.74, 6) is -1.35. The van der Waals surface area contributed by atoms with Crippen LogP contribution in [0.15, 0.2) is 12.7 Å². The van der Waals surface area contributed by atoms with Gasteiger partial charge >= 0.3 is 5.97 Å². The predicted octanol–water partition coefficient (Wildman–Crippen LogP) is 0.0991. The van der Waals surface area contributed by atoms with Gasteiger partial charge < -0.3 is 5.11 Å². The molecule has 2 N–H and O–H groups in total. The van der Waals surface area contributed by atoms with Crippen molar-refractivity contribution in [3.63, 3.8) is 0 Å². The maximum Gasteiger partial charge on any atom is 0.324 e. The third kappa shape index (κ3) is 2.13. The lowest BCUT2D eigenvalue weighted by atomic mass is 9.78. The first-order valence-corrected chi connectivity index (χ1v) is 5.93. The van der Waals surface area contributed by atoms with Crippen molar-refractivity contribution in [1.29, 1.82) is 0 Å². The zero-order chi connectivity index (χ0) is 10.8. The fourth-order valence-electron chi connectivity index (χ4n) is 1.38. The van der Waals surface area contributed by atoms with Gasteiger partial charge in [-0.2, -0.15) is 4.72 Å². The first-order valence-electron chi connectivity index (χ1n) is 4.28. The monoisotopic (exact) mass is 219 g/mol. The van der Waals surface area contributed by atoms with Crippen LogP contribution in [0, 0.1) is 0 Å². The van der Waals surface area contributed by atoms with Gasteiger partial charge in [-0.1, -0.05) is 6.08 Å². The fourth-order valence-corrected chi connectivity index (χ4v) is 2.66. The summed E-state index contributed by atoms with van der Waals surface area (Å²) < 4.78 is 24.8.